The van der Waals surface area contributed by atoms with Crippen LogP contribution in [0.3, 0.4) is 0 Å². The number of hydrogen-bond donors (Lipinski definition) is 0. The first-order chi connectivity index (χ1) is 26.0. The molecule has 6 aromatic rings. The molecular formula is C52H68Cl2SiZr. The maximum absolute atomic E-state index is 4.93. The molecule has 0 spiro atoms. The van der Waals surface area contributed by atoms with Gasteiger partial charge in [-0.2, -0.15) is 12.1 Å². The van der Waals surface area contributed by atoms with Gasteiger partial charge in [-0.15, -0.1) is 69.1 Å². The van der Waals surface area contributed by atoms with Crippen LogP contribution in [0.1, 0.15) is 130 Å². The van der Waals surface area contributed by atoms with Gasteiger partial charge in [-0.25, -0.2) is 0 Å². The average Bonchev–Trinajstić information content (AvgIpc) is 3.75. The van der Waals surface area contributed by atoms with Gasteiger partial charge in [0.1, 0.15) is 0 Å². The molecule has 0 fully saturated rings. The monoisotopic (exact) mass is 880 g/mol. The van der Waals surface area contributed by atoms with Crippen molar-refractivity contribution in [3.05, 3.63) is 130 Å². The van der Waals surface area contributed by atoms with E-state index in [1.807, 2.05) is 0 Å². The van der Waals surface area contributed by atoms with Crippen LogP contribution in [-0.4, -0.2) is 9.52 Å². The van der Waals surface area contributed by atoms with E-state index in [0.29, 0.717) is 0 Å². The Kier molecular flexibility index (Phi) is 17.3. The van der Waals surface area contributed by atoms with Crippen LogP contribution in [0.4, 0.5) is 0 Å². The fourth-order valence-corrected chi connectivity index (χ4v) is 6.80. The standard InChI is InChI=1S/2C25H31.C2H6Si.2ClH.Zr/c2*1-8-17-12-18-10-9-11-22(23(18)13-17)19-14-20(24(2,3)4)16-21(15-19)25(5,6)7;1-3-2;;;/h2*9-16H,8H2,1-7H3;1-2H3;2*1H;/q2*-1;;;;+4/p-2. The summed E-state index contributed by atoms with van der Waals surface area (Å²) in [5.74, 6) is 0. The van der Waals surface area contributed by atoms with Gasteiger partial charge in [0.25, 0.3) is 0 Å². The fourth-order valence-electron chi connectivity index (χ4n) is 6.80. The summed E-state index contributed by atoms with van der Waals surface area (Å²) < 4.78 is 0. The molecule has 0 unspecified atom stereocenters. The summed E-state index contributed by atoms with van der Waals surface area (Å²) in [6, 6.07) is 37.1. The Morgan fingerprint density at radius 2 is 0.750 bits per heavy atom. The third kappa shape index (κ3) is 12.9. The Balaban J connectivity index is 0.000000264. The van der Waals surface area contributed by atoms with E-state index in [2.05, 4.69) is 207 Å². The van der Waals surface area contributed by atoms with Crippen LogP contribution in [0.25, 0.3) is 43.8 Å². The number of fused-ring (bicyclic) bond motifs is 2. The Hall–Kier alpha value is -2.22. The van der Waals surface area contributed by atoms with Crippen LogP contribution >= 0.6 is 17.0 Å². The summed E-state index contributed by atoms with van der Waals surface area (Å²) >= 11 is -0.826. The van der Waals surface area contributed by atoms with Crippen molar-refractivity contribution in [1.29, 1.82) is 0 Å². The summed E-state index contributed by atoms with van der Waals surface area (Å²) in [6.45, 7) is 36.4. The van der Waals surface area contributed by atoms with Crippen molar-refractivity contribution in [2.75, 3.05) is 0 Å². The van der Waals surface area contributed by atoms with Gasteiger partial charge in [0.2, 0.25) is 0 Å². The van der Waals surface area contributed by atoms with Crippen LogP contribution < -0.4 is 0 Å². The van der Waals surface area contributed by atoms with Crippen molar-refractivity contribution in [3.63, 3.8) is 0 Å². The molecule has 0 aromatic heterocycles. The Bertz CT molecular complexity index is 1930. The molecule has 0 atom stereocenters. The van der Waals surface area contributed by atoms with Gasteiger partial charge in [-0.3, -0.25) is 0 Å². The fraction of sp³-hybridized carbons (Fsp3) is 0.423. The quantitative estimate of drug-likeness (QED) is 0.122. The molecular weight excluding hydrogens is 815 g/mol. The maximum atomic E-state index is 4.93. The van der Waals surface area contributed by atoms with E-state index in [1.54, 1.807) is 0 Å². The molecule has 0 saturated carbocycles. The van der Waals surface area contributed by atoms with E-state index in [4.69, 9.17) is 17.0 Å². The molecule has 0 bridgehead atoms. The number of hydrogen-bond acceptors (Lipinski definition) is 0. The molecule has 0 aliphatic rings. The number of rotatable bonds is 4. The van der Waals surface area contributed by atoms with Gasteiger partial charge in [0.15, 0.2) is 0 Å². The van der Waals surface area contributed by atoms with Crippen molar-refractivity contribution in [2.24, 2.45) is 0 Å². The predicted molar refractivity (Wildman–Crippen MR) is 253 cm³/mol. The molecule has 4 heteroatoms. The first kappa shape index (κ1) is 48.2. The summed E-state index contributed by atoms with van der Waals surface area (Å²) in [5.41, 5.74) is 14.5. The van der Waals surface area contributed by atoms with E-state index < -0.39 is 20.8 Å². The second-order valence-corrected chi connectivity index (χ2v) is 24.0. The van der Waals surface area contributed by atoms with Crippen LogP contribution in [0.2, 0.25) is 13.1 Å². The molecule has 0 amide bonds. The molecule has 6 rings (SSSR count). The van der Waals surface area contributed by atoms with Crippen LogP contribution in [0.15, 0.2) is 97.1 Å². The summed E-state index contributed by atoms with van der Waals surface area (Å²) in [4.78, 5) is 0. The predicted octanol–water partition coefficient (Wildman–Crippen LogP) is 16.9. The van der Waals surface area contributed by atoms with Gasteiger partial charge in [0.05, 0.1) is 0 Å². The van der Waals surface area contributed by atoms with E-state index in [9.17, 15) is 0 Å². The molecule has 0 nitrogen and oxygen atoms in total. The van der Waals surface area contributed by atoms with Crippen molar-refractivity contribution in [3.8, 4) is 22.3 Å². The molecule has 0 N–H and O–H groups in total. The third-order valence-corrected chi connectivity index (χ3v) is 10.4. The van der Waals surface area contributed by atoms with E-state index in [-0.39, 0.29) is 21.7 Å². The minimum absolute atomic E-state index is 0.143. The Morgan fingerprint density at radius 3 is 0.982 bits per heavy atom. The summed E-state index contributed by atoms with van der Waals surface area (Å²) in [7, 11) is 11.0. The number of benzene rings is 4. The molecule has 298 valence electrons. The zero-order valence-corrected chi connectivity index (χ0v) is 42.4. The SMILES string of the molecule is CCc1cc2c(-c3cc(C(C)(C)C)cc(C(C)(C)C)c3)cccc2[cH-]1.CCc1cc2c(-c3cc(C(C)(C)C)cc(C(C)(C)C)c3)cccc2[cH-]1.C[Si]C.[Cl][Zr+2][Cl]. The van der Waals surface area contributed by atoms with E-state index in [1.165, 1.54) is 77.2 Å². The second kappa shape index (κ2) is 20.2. The van der Waals surface area contributed by atoms with Crippen molar-refractivity contribution >= 4 is 48.1 Å². The summed E-state index contributed by atoms with van der Waals surface area (Å²) in [5, 5.41) is 5.47. The van der Waals surface area contributed by atoms with Gasteiger partial charge >= 0.3 is 37.9 Å². The van der Waals surface area contributed by atoms with Gasteiger partial charge < -0.3 is 0 Å². The molecule has 56 heavy (non-hydrogen) atoms. The molecule has 2 radical (unpaired) electrons. The molecule has 0 aliphatic carbocycles. The van der Waals surface area contributed by atoms with Gasteiger partial charge in [0, 0.05) is 9.52 Å². The zero-order chi connectivity index (χ0) is 42.2. The minimum atomic E-state index is -0.826. The average molecular weight is 883 g/mol. The number of halogens is 2. The van der Waals surface area contributed by atoms with Crippen molar-refractivity contribution < 1.29 is 20.8 Å². The zero-order valence-electron chi connectivity index (χ0n) is 37.4. The Labute approximate surface area is 363 Å². The Morgan fingerprint density at radius 1 is 0.482 bits per heavy atom. The molecule has 0 saturated heterocycles. The first-order valence-corrected chi connectivity index (χ1v) is 28.6. The van der Waals surface area contributed by atoms with Crippen LogP contribution in [0.5, 0.6) is 0 Å². The summed E-state index contributed by atoms with van der Waals surface area (Å²) in [6.07, 6.45) is 2.17. The topological polar surface area (TPSA) is 0 Å². The molecule has 6 aromatic carbocycles. The van der Waals surface area contributed by atoms with Crippen molar-refractivity contribution in [2.45, 2.75) is 145 Å². The molecule has 0 aliphatic heterocycles. The van der Waals surface area contributed by atoms with E-state index in [0.717, 1.165) is 22.4 Å². The van der Waals surface area contributed by atoms with Gasteiger partial charge in [-0.1, -0.05) is 170 Å². The van der Waals surface area contributed by atoms with E-state index >= 15 is 0 Å². The van der Waals surface area contributed by atoms with Crippen molar-refractivity contribution in [1.82, 2.24) is 0 Å². The normalized spacial score (nSPS) is 11.9. The number of aryl methyl sites for hydroxylation is 2. The third-order valence-electron chi connectivity index (χ3n) is 10.4. The first-order valence-electron chi connectivity index (χ1n) is 20.3. The molecule has 0 heterocycles. The second-order valence-electron chi connectivity index (χ2n) is 19.2. The van der Waals surface area contributed by atoms with Gasteiger partial charge in [-0.05, 0) is 67.9 Å². The van der Waals surface area contributed by atoms with Crippen LogP contribution in [-0.2, 0) is 55.3 Å². The van der Waals surface area contributed by atoms with Crippen LogP contribution in [0, 0.1) is 0 Å².